The number of nitrogens with one attached hydrogen (secondary N) is 1. The van der Waals surface area contributed by atoms with Gasteiger partial charge in [-0.15, -0.1) is 10.2 Å². The SMILES string of the molecule is CC(=O)c1ccc(NC(=O)CSc2nnc3c4ccccc4n(CCc4ccccc4)c3n2)cc1. The van der Waals surface area contributed by atoms with Gasteiger partial charge in [-0.2, -0.15) is 0 Å². The summed E-state index contributed by atoms with van der Waals surface area (Å²) in [6.07, 6.45) is 0.867. The van der Waals surface area contributed by atoms with Crippen molar-refractivity contribution in [3.05, 3.63) is 90.0 Å². The van der Waals surface area contributed by atoms with Crippen LogP contribution in [-0.2, 0) is 17.8 Å². The van der Waals surface area contributed by atoms with Gasteiger partial charge in [-0.05, 0) is 49.2 Å². The minimum atomic E-state index is -0.182. The second kappa shape index (κ2) is 10.1. The van der Waals surface area contributed by atoms with Crippen molar-refractivity contribution in [1.82, 2.24) is 19.7 Å². The third kappa shape index (κ3) is 5.07. The highest BCUT2D eigenvalue weighted by molar-refractivity contribution is 7.99. The number of rotatable bonds is 8. The number of fused-ring (bicyclic) bond motifs is 3. The molecule has 3 aromatic carbocycles. The molecule has 0 aliphatic carbocycles. The third-order valence-corrected chi connectivity index (χ3v) is 6.57. The van der Waals surface area contributed by atoms with Gasteiger partial charge in [-0.25, -0.2) is 4.98 Å². The van der Waals surface area contributed by atoms with E-state index in [9.17, 15) is 9.59 Å². The van der Waals surface area contributed by atoms with Crippen molar-refractivity contribution in [2.24, 2.45) is 0 Å². The molecule has 0 unspecified atom stereocenters. The van der Waals surface area contributed by atoms with E-state index in [1.165, 1.54) is 24.2 Å². The zero-order valence-electron chi connectivity index (χ0n) is 19.1. The maximum atomic E-state index is 12.5. The van der Waals surface area contributed by atoms with Gasteiger partial charge in [0, 0.05) is 23.2 Å². The number of Topliss-reactive ketones (excluding diaryl/α,β-unsaturated/α-hetero) is 1. The Morgan fingerprint density at radius 2 is 1.66 bits per heavy atom. The summed E-state index contributed by atoms with van der Waals surface area (Å²) in [5.74, 6) is -0.0511. The molecular formula is C27H23N5O2S. The lowest BCUT2D eigenvalue weighted by Gasteiger charge is -2.08. The molecule has 5 rings (SSSR count). The second-order valence-electron chi connectivity index (χ2n) is 8.14. The van der Waals surface area contributed by atoms with Gasteiger partial charge in [-0.1, -0.05) is 60.3 Å². The molecule has 0 spiro atoms. The number of carbonyl (C=O) groups is 2. The van der Waals surface area contributed by atoms with E-state index in [1.54, 1.807) is 24.3 Å². The number of benzene rings is 3. The normalized spacial score (nSPS) is 11.1. The summed E-state index contributed by atoms with van der Waals surface area (Å²) in [6.45, 7) is 2.27. The molecule has 35 heavy (non-hydrogen) atoms. The van der Waals surface area contributed by atoms with E-state index in [2.05, 4.69) is 38.3 Å². The highest BCUT2D eigenvalue weighted by Gasteiger charge is 2.15. The quantitative estimate of drug-likeness (QED) is 0.243. The zero-order valence-corrected chi connectivity index (χ0v) is 20.0. The number of hydrogen-bond donors (Lipinski definition) is 1. The Kier molecular flexibility index (Phi) is 6.54. The molecule has 1 N–H and O–H groups in total. The van der Waals surface area contributed by atoms with E-state index in [0.717, 1.165) is 35.0 Å². The number of carbonyl (C=O) groups excluding carboxylic acids is 2. The van der Waals surface area contributed by atoms with Crippen LogP contribution in [0.5, 0.6) is 0 Å². The number of amides is 1. The van der Waals surface area contributed by atoms with Crippen LogP contribution < -0.4 is 5.32 Å². The molecule has 5 aromatic rings. The van der Waals surface area contributed by atoms with Crippen LogP contribution in [0.3, 0.4) is 0 Å². The summed E-state index contributed by atoms with van der Waals surface area (Å²) in [5, 5.41) is 13.0. The van der Waals surface area contributed by atoms with Crippen molar-refractivity contribution in [3.63, 3.8) is 0 Å². The lowest BCUT2D eigenvalue weighted by molar-refractivity contribution is -0.113. The molecule has 0 saturated heterocycles. The van der Waals surface area contributed by atoms with Crippen molar-refractivity contribution in [2.75, 3.05) is 11.1 Å². The summed E-state index contributed by atoms with van der Waals surface area (Å²) in [7, 11) is 0. The molecule has 7 nitrogen and oxygen atoms in total. The smallest absolute Gasteiger partial charge is 0.234 e. The van der Waals surface area contributed by atoms with Gasteiger partial charge in [-0.3, -0.25) is 9.59 Å². The van der Waals surface area contributed by atoms with E-state index in [0.29, 0.717) is 16.4 Å². The first-order valence-corrected chi connectivity index (χ1v) is 12.3. The van der Waals surface area contributed by atoms with Crippen LogP contribution in [0.1, 0.15) is 22.8 Å². The lowest BCUT2D eigenvalue weighted by Crippen LogP contribution is -2.14. The van der Waals surface area contributed by atoms with Crippen LogP contribution in [0.25, 0.3) is 22.1 Å². The van der Waals surface area contributed by atoms with E-state index in [4.69, 9.17) is 4.98 Å². The molecular weight excluding hydrogens is 458 g/mol. The number of aryl methyl sites for hydroxylation is 2. The maximum absolute atomic E-state index is 12.5. The molecule has 2 heterocycles. The van der Waals surface area contributed by atoms with Gasteiger partial charge in [0.2, 0.25) is 11.1 Å². The Morgan fingerprint density at radius 1 is 0.914 bits per heavy atom. The fourth-order valence-corrected chi connectivity index (χ4v) is 4.56. The average Bonchev–Trinajstić information content (AvgIpc) is 3.20. The van der Waals surface area contributed by atoms with Gasteiger partial charge in [0.1, 0.15) is 5.52 Å². The minimum absolute atomic E-state index is 0.0142. The lowest BCUT2D eigenvalue weighted by atomic mass is 10.1. The maximum Gasteiger partial charge on any atom is 0.234 e. The highest BCUT2D eigenvalue weighted by atomic mass is 32.2. The predicted molar refractivity (Wildman–Crippen MR) is 139 cm³/mol. The van der Waals surface area contributed by atoms with Crippen molar-refractivity contribution in [3.8, 4) is 0 Å². The third-order valence-electron chi connectivity index (χ3n) is 5.73. The molecule has 2 aromatic heterocycles. The Morgan fingerprint density at radius 3 is 2.43 bits per heavy atom. The number of nitrogens with zero attached hydrogens (tertiary/aromatic N) is 4. The first kappa shape index (κ1) is 22.7. The number of thioether (sulfide) groups is 1. The van der Waals surface area contributed by atoms with Crippen LogP contribution in [0.2, 0.25) is 0 Å². The van der Waals surface area contributed by atoms with E-state index >= 15 is 0 Å². The Bertz CT molecular complexity index is 1510. The second-order valence-corrected chi connectivity index (χ2v) is 9.08. The molecule has 8 heteroatoms. The van der Waals surface area contributed by atoms with Gasteiger partial charge >= 0.3 is 0 Å². The summed E-state index contributed by atoms with van der Waals surface area (Å²) in [5.41, 5.74) is 5.08. The van der Waals surface area contributed by atoms with Crippen molar-refractivity contribution in [1.29, 1.82) is 0 Å². The van der Waals surface area contributed by atoms with Crippen LogP contribution in [0, 0.1) is 0 Å². The number of anilines is 1. The fraction of sp³-hybridized carbons (Fsp3) is 0.148. The molecule has 0 bridgehead atoms. The Labute approximate surface area is 206 Å². The molecule has 0 radical (unpaired) electrons. The van der Waals surface area contributed by atoms with Crippen molar-refractivity contribution < 1.29 is 9.59 Å². The standard InChI is InChI=1S/C27H23N5O2S/c1-18(33)20-11-13-21(14-12-20)28-24(34)17-35-27-29-26-25(30-31-27)22-9-5-6-10-23(22)32(26)16-15-19-7-3-2-4-8-19/h2-14H,15-17H2,1H3,(H,28,34). The van der Waals surface area contributed by atoms with Gasteiger partial charge < -0.3 is 9.88 Å². The van der Waals surface area contributed by atoms with Crippen LogP contribution >= 0.6 is 11.8 Å². The minimum Gasteiger partial charge on any atom is -0.325 e. The van der Waals surface area contributed by atoms with Crippen molar-refractivity contribution in [2.45, 2.75) is 25.0 Å². The number of para-hydroxylation sites is 1. The molecule has 0 aliphatic heterocycles. The topological polar surface area (TPSA) is 89.8 Å². The van der Waals surface area contributed by atoms with Gasteiger partial charge in [0.05, 0.1) is 11.3 Å². The van der Waals surface area contributed by atoms with E-state index in [-0.39, 0.29) is 17.4 Å². The zero-order chi connectivity index (χ0) is 24.2. The molecule has 0 atom stereocenters. The number of aromatic nitrogens is 4. The van der Waals surface area contributed by atoms with E-state index < -0.39 is 0 Å². The summed E-state index contributed by atoms with van der Waals surface area (Å²) >= 11 is 1.24. The first-order valence-electron chi connectivity index (χ1n) is 11.3. The van der Waals surface area contributed by atoms with Gasteiger partial charge in [0.15, 0.2) is 11.4 Å². The van der Waals surface area contributed by atoms with Gasteiger partial charge in [0.25, 0.3) is 0 Å². The highest BCUT2D eigenvalue weighted by Crippen LogP contribution is 2.27. The van der Waals surface area contributed by atoms with Crippen LogP contribution in [-0.4, -0.2) is 37.2 Å². The number of ketones is 1. The molecule has 174 valence electrons. The van der Waals surface area contributed by atoms with Crippen molar-refractivity contribution >= 4 is 51.2 Å². The summed E-state index contributed by atoms with van der Waals surface area (Å²) in [4.78, 5) is 28.6. The Balaban J connectivity index is 1.34. The fourth-order valence-electron chi connectivity index (χ4n) is 3.98. The van der Waals surface area contributed by atoms with E-state index in [1.807, 2.05) is 36.4 Å². The van der Waals surface area contributed by atoms with Crippen LogP contribution in [0.15, 0.2) is 84.0 Å². The Hall–Kier alpha value is -4.04. The molecule has 0 aliphatic rings. The molecule has 0 fully saturated rings. The van der Waals surface area contributed by atoms with Crippen LogP contribution in [0.4, 0.5) is 5.69 Å². The summed E-state index contributed by atoms with van der Waals surface area (Å²) < 4.78 is 2.17. The first-order chi connectivity index (χ1) is 17.1. The monoisotopic (exact) mass is 481 g/mol. The molecule has 0 saturated carbocycles. The number of hydrogen-bond acceptors (Lipinski definition) is 6. The average molecular weight is 482 g/mol. The largest absolute Gasteiger partial charge is 0.325 e. The predicted octanol–water partition coefficient (Wildman–Crippen LogP) is 5.16. The summed E-state index contributed by atoms with van der Waals surface area (Å²) in [6, 6.07) is 25.3. The molecule has 1 amide bonds.